The van der Waals surface area contributed by atoms with Crippen molar-refractivity contribution in [2.24, 2.45) is 18.4 Å². The van der Waals surface area contributed by atoms with Gasteiger partial charge in [-0.2, -0.15) is 5.10 Å². The summed E-state index contributed by atoms with van der Waals surface area (Å²) in [5.74, 6) is -0.0145. The standard InChI is InChI=1S/C15H23ClN2O2/c1-4-11-5-7-15(8-6-11,14(19)20)9-12-10(2)17-18(3)13(12)16/h11H,4-9H2,1-3H3,(H,19,20). The van der Waals surface area contributed by atoms with Crippen molar-refractivity contribution in [3.63, 3.8) is 0 Å². The van der Waals surface area contributed by atoms with Crippen molar-refractivity contribution in [3.05, 3.63) is 16.4 Å². The highest BCUT2D eigenvalue weighted by molar-refractivity contribution is 6.30. The first kappa shape index (κ1) is 15.4. The minimum Gasteiger partial charge on any atom is -0.481 e. The zero-order chi connectivity index (χ0) is 14.9. The number of rotatable bonds is 4. The van der Waals surface area contributed by atoms with Gasteiger partial charge in [0.25, 0.3) is 0 Å². The van der Waals surface area contributed by atoms with Gasteiger partial charge in [-0.3, -0.25) is 9.48 Å². The van der Waals surface area contributed by atoms with Gasteiger partial charge in [-0.15, -0.1) is 0 Å². The molecule has 1 aromatic heterocycles. The third-order valence-corrected chi connectivity index (χ3v) is 5.35. The molecule has 0 aromatic carbocycles. The molecule has 20 heavy (non-hydrogen) atoms. The van der Waals surface area contributed by atoms with Gasteiger partial charge in [-0.05, 0) is 44.9 Å². The number of aliphatic carboxylic acids is 1. The Hall–Kier alpha value is -1.03. The number of aromatic nitrogens is 2. The van der Waals surface area contributed by atoms with E-state index in [1.165, 1.54) is 0 Å². The molecule has 0 atom stereocenters. The molecule has 1 saturated carbocycles. The molecule has 2 rings (SSSR count). The van der Waals surface area contributed by atoms with Gasteiger partial charge in [0.1, 0.15) is 5.15 Å². The van der Waals surface area contributed by atoms with E-state index in [2.05, 4.69) is 12.0 Å². The Morgan fingerprint density at radius 2 is 2.10 bits per heavy atom. The number of carboxylic acid groups (broad SMARTS) is 1. The van der Waals surface area contributed by atoms with Gasteiger partial charge in [0.05, 0.1) is 11.1 Å². The molecule has 0 radical (unpaired) electrons. The lowest BCUT2D eigenvalue weighted by atomic mass is 9.67. The number of nitrogens with zero attached hydrogens (tertiary/aromatic N) is 2. The van der Waals surface area contributed by atoms with E-state index in [9.17, 15) is 9.90 Å². The number of aryl methyl sites for hydroxylation is 2. The fraction of sp³-hybridized carbons (Fsp3) is 0.733. The summed E-state index contributed by atoms with van der Waals surface area (Å²) < 4.78 is 1.62. The predicted octanol–water partition coefficient (Wildman–Crippen LogP) is 3.60. The van der Waals surface area contributed by atoms with Crippen LogP contribution in [0.1, 0.15) is 50.3 Å². The summed E-state index contributed by atoms with van der Waals surface area (Å²) in [4.78, 5) is 11.8. The molecule has 1 N–H and O–H groups in total. The van der Waals surface area contributed by atoms with E-state index in [1.807, 2.05) is 6.92 Å². The van der Waals surface area contributed by atoms with Crippen LogP contribution < -0.4 is 0 Å². The Kier molecular flexibility index (Phi) is 4.43. The van der Waals surface area contributed by atoms with E-state index >= 15 is 0 Å². The summed E-state index contributed by atoms with van der Waals surface area (Å²) in [7, 11) is 1.79. The van der Waals surface area contributed by atoms with Crippen LogP contribution in [0.15, 0.2) is 0 Å². The summed E-state index contributed by atoms with van der Waals surface area (Å²) in [6, 6.07) is 0. The minimum atomic E-state index is -0.689. The molecule has 0 unspecified atom stereocenters. The summed E-state index contributed by atoms with van der Waals surface area (Å²) in [5, 5.41) is 14.6. The highest BCUT2D eigenvalue weighted by Crippen LogP contribution is 2.44. The summed E-state index contributed by atoms with van der Waals surface area (Å²) in [6.07, 6.45) is 5.12. The lowest BCUT2D eigenvalue weighted by Crippen LogP contribution is -2.37. The molecule has 4 nitrogen and oxygen atoms in total. The number of halogens is 1. The van der Waals surface area contributed by atoms with E-state index in [1.54, 1.807) is 11.7 Å². The van der Waals surface area contributed by atoms with Gasteiger partial charge in [0, 0.05) is 12.6 Å². The quantitative estimate of drug-likeness (QED) is 0.924. The number of hydrogen-bond donors (Lipinski definition) is 1. The average molecular weight is 299 g/mol. The fourth-order valence-electron chi connectivity index (χ4n) is 3.32. The second-order valence-electron chi connectivity index (χ2n) is 6.09. The molecular weight excluding hydrogens is 276 g/mol. The van der Waals surface area contributed by atoms with Crippen LogP contribution in [0.25, 0.3) is 0 Å². The van der Waals surface area contributed by atoms with Crippen molar-refractivity contribution in [1.29, 1.82) is 0 Å². The van der Waals surface area contributed by atoms with E-state index in [0.29, 0.717) is 17.5 Å². The third kappa shape index (κ3) is 2.71. The second kappa shape index (κ2) is 5.76. The fourth-order valence-corrected chi connectivity index (χ4v) is 3.56. The van der Waals surface area contributed by atoms with E-state index in [0.717, 1.165) is 43.4 Å². The molecule has 112 valence electrons. The average Bonchev–Trinajstić information content (AvgIpc) is 2.66. The van der Waals surface area contributed by atoms with Crippen LogP contribution in [0.4, 0.5) is 0 Å². The maximum absolute atomic E-state index is 11.8. The van der Waals surface area contributed by atoms with Gasteiger partial charge >= 0.3 is 5.97 Å². The van der Waals surface area contributed by atoms with Crippen molar-refractivity contribution >= 4 is 17.6 Å². The normalized spacial score (nSPS) is 26.7. The van der Waals surface area contributed by atoms with Crippen molar-refractivity contribution < 1.29 is 9.90 Å². The summed E-state index contributed by atoms with van der Waals surface area (Å²) in [5.41, 5.74) is 1.07. The SMILES string of the molecule is CCC1CCC(Cc2c(C)nn(C)c2Cl)(C(=O)O)CC1. The van der Waals surface area contributed by atoms with Crippen LogP contribution in [0, 0.1) is 18.3 Å². The maximum Gasteiger partial charge on any atom is 0.309 e. The zero-order valence-corrected chi connectivity index (χ0v) is 13.2. The lowest BCUT2D eigenvalue weighted by Gasteiger charge is -2.36. The molecule has 0 bridgehead atoms. The largest absolute Gasteiger partial charge is 0.481 e. The molecule has 1 aliphatic carbocycles. The van der Waals surface area contributed by atoms with Crippen LogP contribution in [0.5, 0.6) is 0 Å². The van der Waals surface area contributed by atoms with Gasteiger partial charge in [-0.1, -0.05) is 24.9 Å². The van der Waals surface area contributed by atoms with Crippen molar-refractivity contribution in [2.75, 3.05) is 0 Å². The second-order valence-corrected chi connectivity index (χ2v) is 6.45. The minimum absolute atomic E-state index is 0.497. The van der Waals surface area contributed by atoms with Crippen LogP contribution in [-0.2, 0) is 18.3 Å². The molecule has 0 spiro atoms. The van der Waals surface area contributed by atoms with E-state index in [-0.39, 0.29) is 0 Å². The Balaban J connectivity index is 2.25. The third-order valence-electron chi connectivity index (χ3n) is 4.88. The molecular formula is C15H23ClN2O2. The van der Waals surface area contributed by atoms with Gasteiger partial charge in [-0.25, -0.2) is 0 Å². The Morgan fingerprint density at radius 3 is 2.50 bits per heavy atom. The van der Waals surface area contributed by atoms with Gasteiger partial charge < -0.3 is 5.11 Å². The first-order chi connectivity index (χ1) is 9.39. The van der Waals surface area contributed by atoms with Crippen molar-refractivity contribution in [1.82, 2.24) is 9.78 Å². The van der Waals surface area contributed by atoms with Crippen LogP contribution >= 0.6 is 11.6 Å². The summed E-state index contributed by atoms with van der Waals surface area (Å²) >= 11 is 6.26. The maximum atomic E-state index is 11.8. The van der Waals surface area contributed by atoms with Crippen molar-refractivity contribution in [3.8, 4) is 0 Å². The number of carboxylic acids is 1. The van der Waals surface area contributed by atoms with E-state index < -0.39 is 11.4 Å². The predicted molar refractivity (Wildman–Crippen MR) is 79.0 cm³/mol. The molecule has 1 aliphatic rings. The zero-order valence-electron chi connectivity index (χ0n) is 12.4. The molecule has 5 heteroatoms. The lowest BCUT2D eigenvalue weighted by molar-refractivity contribution is -0.151. The summed E-state index contributed by atoms with van der Waals surface area (Å²) in [6.45, 7) is 4.08. The van der Waals surface area contributed by atoms with Crippen LogP contribution in [0.3, 0.4) is 0 Å². The monoisotopic (exact) mass is 298 g/mol. The molecule has 0 amide bonds. The smallest absolute Gasteiger partial charge is 0.309 e. The highest BCUT2D eigenvalue weighted by Gasteiger charge is 2.42. The first-order valence-electron chi connectivity index (χ1n) is 7.31. The molecule has 0 saturated heterocycles. The highest BCUT2D eigenvalue weighted by atomic mass is 35.5. The topological polar surface area (TPSA) is 55.1 Å². The Labute approximate surface area is 125 Å². The number of hydrogen-bond acceptors (Lipinski definition) is 2. The Bertz CT molecular complexity index is 502. The number of carbonyl (C=O) groups is 1. The van der Waals surface area contributed by atoms with E-state index in [4.69, 9.17) is 11.6 Å². The van der Waals surface area contributed by atoms with Crippen LogP contribution in [0.2, 0.25) is 5.15 Å². The van der Waals surface area contributed by atoms with Crippen LogP contribution in [-0.4, -0.2) is 20.9 Å². The molecule has 1 aromatic rings. The first-order valence-corrected chi connectivity index (χ1v) is 7.69. The Morgan fingerprint density at radius 1 is 1.50 bits per heavy atom. The van der Waals surface area contributed by atoms with Crippen molar-refractivity contribution in [2.45, 2.75) is 52.4 Å². The molecule has 1 heterocycles. The van der Waals surface area contributed by atoms with Gasteiger partial charge in [0.2, 0.25) is 0 Å². The molecule has 0 aliphatic heterocycles. The van der Waals surface area contributed by atoms with Gasteiger partial charge in [0.15, 0.2) is 0 Å². The molecule has 1 fully saturated rings.